The quantitative estimate of drug-likeness (QED) is 0.429. The van der Waals surface area contributed by atoms with Gasteiger partial charge in [-0.3, -0.25) is 14.8 Å². The van der Waals surface area contributed by atoms with E-state index in [-0.39, 0.29) is 40.3 Å². The third-order valence-corrected chi connectivity index (χ3v) is 8.07. The van der Waals surface area contributed by atoms with E-state index >= 15 is 0 Å². The fourth-order valence-corrected chi connectivity index (χ4v) is 6.34. The maximum Gasteiger partial charge on any atom is 0.238 e. The Labute approximate surface area is 198 Å². The van der Waals surface area contributed by atoms with Crippen LogP contribution >= 0.6 is 0 Å². The predicted octanol–water partition coefficient (Wildman–Crippen LogP) is 5.29. The minimum atomic E-state index is -0.543. The highest BCUT2D eigenvalue weighted by molar-refractivity contribution is 6.24. The highest BCUT2D eigenvalue weighted by Crippen LogP contribution is 2.61. The first kappa shape index (κ1) is 21.1. The summed E-state index contributed by atoms with van der Waals surface area (Å²) in [5.41, 5.74) is 5.69. The first-order chi connectivity index (χ1) is 16.4. The van der Waals surface area contributed by atoms with Crippen molar-refractivity contribution in [2.45, 2.75) is 38.0 Å². The Morgan fingerprint density at radius 3 is 2.06 bits per heavy atom. The van der Waals surface area contributed by atoms with Crippen LogP contribution in [0.5, 0.6) is 0 Å². The van der Waals surface area contributed by atoms with Gasteiger partial charge in [-0.05, 0) is 52.3 Å². The zero-order valence-electron chi connectivity index (χ0n) is 19.0. The molecule has 7 rings (SSSR count). The molecule has 0 saturated carbocycles. The topological polar surface area (TPSA) is 83.9 Å². The van der Waals surface area contributed by atoms with Gasteiger partial charge in [-0.1, -0.05) is 68.4 Å². The van der Waals surface area contributed by atoms with Crippen molar-refractivity contribution < 1.29 is 14.8 Å². The number of para-hydroxylation sites is 2. The van der Waals surface area contributed by atoms with Gasteiger partial charge in [0.2, 0.25) is 11.8 Å². The van der Waals surface area contributed by atoms with Crippen LogP contribution in [-0.4, -0.2) is 17.0 Å². The summed E-state index contributed by atoms with van der Waals surface area (Å²) in [5.74, 6) is -1.76. The standard InChI is InChI=1S/C28H25N2O4/c1-3-15(2)16-12-13-19-20(14-16)24-18-9-5-4-8-17(18)23(19)25-26(24)28(32)29(27(25)31)21-10-6-7-11-22(21)30(33)34/h4-15,23-26,33H,3H2,1-2H3/q-1/t15-,23+,24+,25+,26-/m1/s1. The lowest BCUT2D eigenvalue weighted by molar-refractivity contribution is -0.122. The molecule has 3 aromatic rings. The van der Waals surface area contributed by atoms with Crippen LogP contribution in [0.1, 0.15) is 65.8 Å². The third-order valence-electron chi connectivity index (χ3n) is 8.07. The van der Waals surface area contributed by atoms with Crippen molar-refractivity contribution in [2.24, 2.45) is 11.8 Å². The molecule has 1 N–H and O–H groups in total. The second kappa shape index (κ2) is 7.52. The maximum atomic E-state index is 13.9. The third kappa shape index (κ3) is 2.70. The molecule has 172 valence electrons. The Hall–Kier alpha value is -3.48. The second-order valence-electron chi connectivity index (χ2n) is 9.61. The summed E-state index contributed by atoms with van der Waals surface area (Å²) in [6, 6.07) is 20.8. The van der Waals surface area contributed by atoms with E-state index in [0.29, 0.717) is 5.92 Å². The molecule has 34 heavy (non-hydrogen) atoms. The molecule has 0 spiro atoms. The number of benzene rings is 3. The Balaban J connectivity index is 1.55. The van der Waals surface area contributed by atoms with Crippen LogP contribution in [0.15, 0.2) is 66.7 Å². The van der Waals surface area contributed by atoms with Crippen LogP contribution < -0.4 is 10.1 Å². The number of hydrogen-bond donors (Lipinski definition) is 1. The second-order valence-corrected chi connectivity index (χ2v) is 9.61. The highest BCUT2D eigenvalue weighted by Gasteiger charge is 2.62. The van der Waals surface area contributed by atoms with E-state index in [4.69, 9.17) is 0 Å². The molecule has 6 nitrogen and oxygen atoms in total. The van der Waals surface area contributed by atoms with E-state index in [1.54, 1.807) is 12.1 Å². The molecule has 0 radical (unpaired) electrons. The van der Waals surface area contributed by atoms with Crippen molar-refractivity contribution in [2.75, 3.05) is 10.1 Å². The summed E-state index contributed by atoms with van der Waals surface area (Å²) in [6.07, 6.45) is 1.02. The lowest BCUT2D eigenvalue weighted by Crippen LogP contribution is -2.41. The smallest absolute Gasteiger partial charge is 0.238 e. The van der Waals surface area contributed by atoms with Gasteiger partial charge in [0.1, 0.15) is 0 Å². The van der Waals surface area contributed by atoms with Crippen LogP contribution in [0.25, 0.3) is 0 Å². The van der Waals surface area contributed by atoms with E-state index in [0.717, 1.165) is 33.6 Å². The molecule has 3 aliphatic carbocycles. The number of anilines is 2. The zero-order chi connectivity index (χ0) is 23.7. The van der Waals surface area contributed by atoms with Crippen LogP contribution in [0.3, 0.4) is 0 Å². The highest BCUT2D eigenvalue weighted by atomic mass is 16.8. The van der Waals surface area contributed by atoms with E-state index in [1.165, 1.54) is 17.7 Å². The molecule has 0 unspecified atom stereocenters. The number of nitrogens with zero attached hydrogens (tertiary/aromatic N) is 2. The van der Waals surface area contributed by atoms with Gasteiger partial charge in [0.25, 0.3) is 0 Å². The Morgan fingerprint density at radius 1 is 0.882 bits per heavy atom. The first-order valence-corrected chi connectivity index (χ1v) is 11.8. The molecular formula is C28H25N2O4-. The van der Waals surface area contributed by atoms with Crippen molar-refractivity contribution >= 4 is 23.2 Å². The number of carbonyl (C=O) groups is 2. The van der Waals surface area contributed by atoms with Gasteiger partial charge in [0.05, 0.1) is 23.2 Å². The van der Waals surface area contributed by atoms with Crippen molar-refractivity contribution in [3.05, 3.63) is 99.8 Å². The molecule has 5 atom stereocenters. The first-order valence-electron chi connectivity index (χ1n) is 11.8. The molecule has 3 aromatic carbocycles. The molecular weight excluding hydrogens is 428 g/mol. The normalized spacial score (nSPS) is 25.1. The number of rotatable bonds is 4. The number of imide groups is 1. The molecule has 1 saturated heterocycles. The van der Waals surface area contributed by atoms with Crippen LogP contribution in [0, 0.1) is 17.0 Å². The summed E-state index contributed by atoms with van der Waals surface area (Å²) in [7, 11) is 0. The van der Waals surface area contributed by atoms with Gasteiger partial charge in [-0.25, -0.2) is 4.90 Å². The monoisotopic (exact) mass is 453 g/mol. The number of amides is 2. The summed E-state index contributed by atoms with van der Waals surface area (Å²) in [5, 5.41) is 21.1. The van der Waals surface area contributed by atoms with Gasteiger partial charge in [-0.2, -0.15) is 0 Å². The fourth-order valence-electron chi connectivity index (χ4n) is 6.34. The SMILES string of the molecule is CC[C@@H](C)c1ccc2c(c1)[C@@H]1c3ccccc3[C@@H]2[C@@H]2C(=O)N(c3ccccc3N([O-])O)C(=O)[C@H]12. The van der Waals surface area contributed by atoms with Crippen molar-refractivity contribution in [3.8, 4) is 0 Å². The summed E-state index contributed by atoms with van der Waals surface area (Å²) in [6.45, 7) is 4.36. The van der Waals surface area contributed by atoms with Gasteiger partial charge in [0, 0.05) is 11.8 Å². The van der Waals surface area contributed by atoms with E-state index in [9.17, 15) is 20.0 Å². The molecule has 6 heteroatoms. The largest absolute Gasteiger partial charge is 0.733 e. The molecule has 1 fully saturated rings. The van der Waals surface area contributed by atoms with Gasteiger partial charge < -0.3 is 10.4 Å². The van der Waals surface area contributed by atoms with Gasteiger partial charge in [0.15, 0.2) is 0 Å². The van der Waals surface area contributed by atoms with E-state index in [1.807, 2.05) is 12.1 Å². The van der Waals surface area contributed by atoms with Crippen molar-refractivity contribution in [1.29, 1.82) is 0 Å². The molecule has 1 heterocycles. The van der Waals surface area contributed by atoms with Gasteiger partial charge >= 0.3 is 0 Å². The molecule has 2 bridgehead atoms. The minimum Gasteiger partial charge on any atom is -0.733 e. The summed E-state index contributed by atoms with van der Waals surface area (Å²) in [4.78, 5) is 28.9. The van der Waals surface area contributed by atoms with Crippen LogP contribution in [0.4, 0.5) is 11.4 Å². The Morgan fingerprint density at radius 2 is 1.44 bits per heavy atom. The fraction of sp³-hybridized carbons (Fsp3) is 0.286. The number of carbonyl (C=O) groups excluding carboxylic acids is 2. The van der Waals surface area contributed by atoms with Gasteiger partial charge in [-0.15, -0.1) is 0 Å². The minimum absolute atomic E-state index is 0.121. The maximum absolute atomic E-state index is 13.9. The lowest BCUT2D eigenvalue weighted by atomic mass is 9.54. The van der Waals surface area contributed by atoms with Crippen LogP contribution in [-0.2, 0) is 9.59 Å². The predicted molar refractivity (Wildman–Crippen MR) is 129 cm³/mol. The van der Waals surface area contributed by atoms with E-state index < -0.39 is 11.8 Å². The van der Waals surface area contributed by atoms with Crippen LogP contribution in [0.2, 0.25) is 0 Å². The number of hydrogen-bond acceptors (Lipinski definition) is 5. The Bertz CT molecular complexity index is 1330. The van der Waals surface area contributed by atoms with E-state index in [2.05, 4.69) is 44.2 Å². The average Bonchev–Trinajstić information content (AvgIpc) is 3.13. The summed E-state index contributed by atoms with van der Waals surface area (Å²) >= 11 is 0. The molecule has 4 aliphatic rings. The Kier molecular flexibility index (Phi) is 4.66. The molecule has 2 amide bonds. The summed E-state index contributed by atoms with van der Waals surface area (Å²) < 4.78 is 0. The molecule has 1 aliphatic heterocycles. The van der Waals surface area contributed by atoms with Crippen molar-refractivity contribution in [1.82, 2.24) is 0 Å². The zero-order valence-corrected chi connectivity index (χ0v) is 19.0. The van der Waals surface area contributed by atoms with Crippen molar-refractivity contribution in [3.63, 3.8) is 0 Å². The molecule has 0 aromatic heterocycles. The average molecular weight is 454 g/mol. The lowest BCUT2D eigenvalue weighted by Gasteiger charge is -2.46.